The maximum atomic E-state index is 9.40. The van der Waals surface area contributed by atoms with Crippen LogP contribution in [-0.4, -0.2) is 22.9 Å². The summed E-state index contributed by atoms with van der Waals surface area (Å²) >= 11 is 0. The van der Waals surface area contributed by atoms with Gasteiger partial charge < -0.3 is 4.90 Å². The highest BCUT2D eigenvalue weighted by Crippen LogP contribution is 2.35. The van der Waals surface area contributed by atoms with Gasteiger partial charge in [-0.1, -0.05) is 27.2 Å². The molecule has 4 heteroatoms. The largest absolute Gasteiger partial charge is 0.371 e. The fraction of sp³-hybridized carbons (Fsp3) is 0.474. The summed E-state index contributed by atoms with van der Waals surface area (Å²) in [6.45, 7) is 8.58. The van der Waals surface area contributed by atoms with E-state index >= 15 is 0 Å². The van der Waals surface area contributed by atoms with Crippen molar-refractivity contribution < 1.29 is 0 Å². The number of hydrogen-bond donors (Lipinski definition) is 0. The fourth-order valence-electron chi connectivity index (χ4n) is 2.90. The number of nitriles is 1. The summed E-state index contributed by atoms with van der Waals surface area (Å²) < 4.78 is 1.77. The van der Waals surface area contributed by atoms with Crippen molar-refractivity contribution in [2.75, 3.05) is 18.0 Å². The normalized spacial score (nSPS) is 12.4. The molecule has 0 radical (unpaired) electrons. The highest BCUT2D eigenvalue weighted by atomic mass is 15.2. The minimum Gasteiger partial charge on any atom is -0.371 e. The van der Waals surface area contributed by atoms with Gasteiger partial charge in [0, 0.05) is 43.1 Å². The molecule has 2 aromatic rings. The quantitative estimate of drug-likeness (QED) is 0.855. The maximum absolute atomic E-state index is 9.40. The molecule has 1 aliphatic rings. The van der Waals surface area contributed by atoms with Crippen LogP contribution in [0.2, 0.25) is 0 Å². The van der Waals surface area contributed by atoms with Crippen LogP contribution in [0, 0.1) is 11.3 Å². The standard InChI is InChI=1S/C16H18N4.C3H8/c1-3-5-20-6-4-12-7-13(9-17)15(8-16(12)20)14-10-18-19(2)11-14;1-3-2/h7-8,10-11H,3-6H2,1-2H3;3H2,1-2H3. The van der Waals surface area contributed by atoms with Gasteiger partial charge in [0.1, 0.15) is 0 Å². The third-order valence-electron chi connectivity index (χ3n) is 3.84. The number of fused-ring (bicyclic) bond motifs is 1. The highest BCUT2D eigenvalue weighted by Gasteiger charge is 2.21. The lowest BCUT2D eigenvalue weighted by molar-refractivity contribution is 0.768. The zero-order valence-corrected chi connectivity index (χ0v) is 14.6. The van der Waals surface area contributed by atoms with Crippen molar-refractivity contribution in [2.24, 2.45) is 7.05 Å². The molecule has 0 atom stereocenters. The zero-order chi connectivity index (χ0) is 16.8. The second-order valence-corrected chi connectivity index (χ2v) is 5.99. The first-order valence-corrected chi connectivity index (χ1v) is 8.45. The highest BCUT2D eigenvalue weighted by molar-refractivity contribution is 5.77. The Labute approximate surface area is 139 Å². The van der Waals surface area contributed by atoms with Crippen LogP contribution < -0.4 is 4.90 Å². The second-order valence-electron chi connectivity index (χ2n) is 5.99. The number of anilines is 1. The van der Waals surface area contributed by atoms with Gasteiger partial charge in [0.25, 0.3) is 0 Å². The average Bonchev–Trinajstić information content (AvgIpc) is 3.14. The Bertz CT molecular complexity index is 694. The Morgan fingerprint density at radius 1 is 1.26 bits per heavy atom. The molecule has 23 heavy (non-hydrogen) atoms. The summed E-state index contributed by atoms with van der Waals surface area (Å²) in [6, 6.07) is 6.53. The molecule has 4 nitrogen and oxygen atoms in total. The molecular formula is C19H26N4. The number of rotatable bonds is 3. The Balaban J connectivity index is 0.000000595. The van der Waals surface area contributed by atoms with Crippen LogP contribution in [-0.2, 0) is 13.5 Å². The van der Waals surface area contributed by atoms with Crippen LogP contribution in [0.1, 0.15) is 44.7 Å². The van der Waals surface area contributed by atoms with Crippen molar-refractivity contribution >= 4 is 5.69 Å². The number of nitrogens with zero attached hydrogens (tertiary/aromatic N) is 4. The second kappa shape index (κ2) is 7.82. The lowest BCUT2D eigenvalue weighted by Gasteiger charge is -2.19. The minimum atomic E-state index is 0.745. The summed E-state index contributed by atoms with van der Waals surface area (Å²) in [5, 5.41) is 13.6. The van der Waals surface area contributed by atoms with Crippen LogP contribution in [0.4, 0.5) is 5.69 Å². The number of hydrogen-bond acceptors (Lipinski definition) is 3. The molecule has 0 saturated heterocycles. The number of aryl methyl sites for hydroxylation is 1. The third kappa shape index (κ3) is 3.73. The summed E-state index contributed by atoms with van der Waals surface area (Å²) in [4.78, 5) is 2.41. The third-order valence-corrected chi connectivity index (χ3v) is 3.84. The molecule has 0 unspecified atom stereocenters. The number of benzene rings is 1. The van der Waals surface area contributed by atoms with Crippen molar-refractivity contribution in [3.63, 3.8) is 0 Å². The van der Waals surface area contributed by atoms with Crippen molar-refractivity contribution in [1.82, 2.24) is 9.78 Å². The van der Waals surface area contributed by atoms with E-state index in [0.717, 1.165) is 42.6 Å². The molecule has 0 spiro atoms. The molecule has 1 aromatic heterocycles. The van der Waals surface area contributed by atoms with Gasteiger partial charge in [0.05, 0.1) is 17.8 Å². The lowest BCUT2D eigenvalue weighted by Crippen LogP contribution is -2.20. The summed E-state index contributed by atoms with van der Waals surface area (Å²) in [5.74, 6) is 0. The van der Waals surface area contributed by atoms with Gasteiger partial charge in [-0.15, -0.1) is 0 Å². The van der Waals surface area contributed by atoms with Gasteiger partial charge in [-0.2, -0.15) is 10.4 Å². The minimum absolute atomic E-state index is 0.745. The lowest BCUT2D eigenvalue weighted by atomic mass is 9.99. The van der Waals surface area contributed by atoms with Crippen molar-refractivity contribution in [1.29, 1.82) is 5.26 Å². The Morgan fingerprint density at radius 3 is 2.57 bits per heavy atom. The SMILES string of the molecule is CCC.CCCN1CCc2cc(C#N)c(-c3cnn(C)c3)cc21. The van der Waals surface area contributed by atoms with E-state index in [4.69, 9.17) is 0 Å². The molecule has 0 bridgehead atoms. The van der Waals surface area contributed by atoms with Crippen LogP contribution in [0.25, 0.3) is 11.1 Å². The van der Waals surface area contributed by atoms with E-state index in [1.165, 1.54) is 17.7 Å². The van der Waals surface area contributed by atoms with Crippen molar-refractivity contribution in [2.45, 2.75) is 40.0 Å². The molecule has 122 valence electrons. The van der Waals surface area contributed by atoms with Crippen molar-refractivity contribution in [3.05, 3.63) is 35.7 Å². The van der Waals surface area contributed by atoms with Gasteiger partial charge >= 0.3 is 0 Å². The summed E-state index contributed by atoms with van der Waals surface area (Å²) in [7, 11) is 1.90. The van der Waals surface area contributed by atoms with Crippen LogP contribution in [0.3, 0.4) is 0 Å². The van der Waals surface area contributed by atoms with Gasteiger partial charge in [-0.25, -0.2) is 0 Å². The Kier molecular flexibility index (Phi) is 5.81. The number of aromatic nitrogens is 2. The summed E-state index contributed by atoms with van der Waals surface area (Å²) in [6.07, 6.45) is 7.21. The zero-order valence-electron chi connectivity index (χ0n) is 14.6. The van der Waals surface area contributed by atoms with Gasteiger partial charge in [-0.3, -0.25) is 4.68 Å². The maximum Gasteiger partial charge on any atom is 0.0998 e. The smallest absolute Gasteiger partial charge is 0.0998 e. The molecule has 0 fully saturated rings. The van der Waals surface area contributed by atoms with Crippen LogP contribution >= 0.6 is 0 Å². The monoisotopic (exact) mass is 310 g/mol. The first kappa shape index (κ1) is 17.1. The molecule has 3 rings (SSSR count). The molecule has 1 aromatic carbocycles. The average molecular weight is 310 g/mol. The van der Waals surface area contributed by atoms with E-state index in [2.05, 4.69) is 42.9 Å². The molecule has 0 aliphatic carbocycles. The van der Waals surface area contributed by atoms with Crippen LogP contribution in [0.5, 0.6) is 0 Å². The van der Waals surface area contributed by atoms with E-state index in [9.17, 15) is 5.26 Å². The Morgan fingerprint density at radius 2 is 2.00 bits per heavy atom. The van der Waals surface area contributed by atoms with Crippen molar-refractivity contribution in [3.8, 4) is 17.2 Å². The van der Waals surface area contributed by atoms with E-state index in [1.807, 2.05) is 25.5 Å². The van der Waals surface area contributed by atoms with E-state index in [0.29, 0.717) is 0 Å². The topological polar surface area (TPSA) is 44.9 Å². The molecule has 1 aliphatic heterocycles. The van der Waals surface area contributed by atoms with E-state index < -0.39 is 0 Å². The Hall–Kier alpha value is -2.28. The predicted octanol–water partition coefficient (Wildman–Crippen LogP) is 4.15. The first-order chi connectivity index (χ1) is 11.1. The van der Waals surface area contributed by atoms with Gasteiger partial charge in [0.15, 0.2) is 0 Å². The first-order valence-electron chi connectivity index (χ1n) is 8.45. The van der Waals surface area contributed by atoms with E-state index in [1.54, 1.807) is 4.68 Å². The summed E-state index contributed by atoms with van der Waals surface area (Å²) in [5.41, 5.74) is 5.32. The molecular weight excluding hydrogens is 284 g/mol. The van der Waals surface area contributed by atoms with Gasteiger partial charge in [-0.05, 0) is 30.5 Å². The molecule has 0 saturated carbocycles. The predicted molar refractivity (Wildman–Crippen MR) is 95.5 cm³/mol. The van der Waals surface area contributed by atoms with Gasteiger partial charge in [0.2, 0.25) is 0 Å². The molecule has 0 amide bonds. The molecule has 2 heterocycles. The van der Waals surface area contributed by atoms with E-state index in [-0.39, 0.29) is 0 Å². The van der Waals surface area contributed by atoms with Crippen LogP contribution in [0.15, 0.2) is 24.5 Å². The fourth-order valence-corrected chi connectivity index (χ4v) is 2.90. The molecule has 0 N–H and O–H groups in total.